The third-order valence-electron chi connectivity index (χ3n) is 6.01. The minimum absolute atomic E-state index is 0.000740. The Labute approximate surface area is 159 Å². The number of aromatic nitrogens is 2. The van der Waals surface area contributed by atoms with E-state index in [1.54, 1.807) is 11.1 Å². The molecule has 27 heavy (non-hydrogen) atoms. The maximum absolute atomic E-state index is 13.2. The number of rotatable bonds is 5. The van der Waals surface area contributed by atoms with Gasteiger partial charge in [0, 0.05) is 38.1 Å². The van der Waals surface area contributed by atoms with Gasteiger partial charge in [-0.25, -0.2) is 0 Å². The van der Waals surface area contributed by atoms with Crippen molar-refractivity contribution >= 4 is 11.8 Å². The fourth-order valence-electron chi connectivity index (χ4n) is 4.62. The van der Waals surface area contributed by atoms with E-state index in [9.17, 15) is 9.59 Å². The molecule has 4 heterocycles. The topological polar surface area (TPSA) is 67.7 Å². The Morgan fingerprint density at radius 3 is 2.89 bits per heavy atom. The molecule has 1 aromatic heterocycles. The highest BCUT2D eigenvalue weighted by molar-refractivity contribution is 5.93. The Balaban J connectivity index is 1.46. The molecule has 3 aliphatic heterocycles. The summed E-state index contributed by atoms with van der Waals surface area (Å²) in [5.74, 6) is -0.796. The summed E-state index contributed by atoms with van der Waals surface area (Å²) in [7, 11) is 1.81. The Morgan fingerprint density at radius 2 is 2.22 bits per heavy atom. The lowest BCUT2D eigenvalue weighted by Crippen LogP contribution is -2.47. The maximum Gasteiger partial charge on any atom is 0.230 e. The Bertz CT molecular complexity index is 767. The lowest BCUT2D eigenvalue weighted by molar-refractivity contribution is -0.144. The molecule has 2 bridgehead atoms. The molecule has 0 saturated carbocycles. The Morgan fingerprint density at radius 1 is 1.44 bits per heavy atom. The van der Waals surface area contributed by atoms with E-state index in [0.29, 0.717) is 13.1 Å². The summed E-state index contributed by atoms with van der Waals surface area (Å²) in [5, 5.41) is 4.18. The van der Waals surface area contributed by atoms with Crippen LogP contribution in [-0.2, 0) is 20.9 Å². The van der Waals surface area contributed by atoms with E-state index in [4.69, 9.17) is 4.74 Å². The number of likely N-dealkylation sites (tertiary alicyclic amines) is 1. The van der Waals surface area contributed by atoms with E-state index in [2.05, 4.69) is 5.10 Å². The number of carbonyl (C=O) groups is 2. The number of hydrogen-bond donors (Lipinski definition) is 0. The molecule has 2 saturated heterocycles. The van der Waals surface area contributed by atoms with Crippen molar-refractivity contribution in [2.24, 2.45) is 11.8 Å². The predicted octanol–water partition coefficient (Wildman–Crippen LogP) is 1.31. The molecule has 0 aromatic carbocycles. The summed E-state index contributed by atoms with van der Waals surface area (Å²) in [6, 6.07) is 1.89. The molecule has 3 aliphatic rings. The van der Waals surface area contributed by atoms with Crippen molar-refractivity contribution < 1.29 is 14.3 Å². The van der Waals surface area contributed by atoms with E-state index in [1.807, 2.05) is 61.8 Å². The predicted molar refractivity (Wildman–Crippen MR) is 99.7 cm³/mol. The fraction of sp³-hybridized carbons (Fsp3) is 0.650. The molecule has 146 valence electrons. The van der Waals surface area contributed by atoms with E-state index in [-0.39, 0.29) is 23.5 Å². The summed E-state index contributed by atoms with van der Waals surface area (Å²) in [5.41, 5.74) is -0.917. The molecule has 0 aliphatic carbocycles. The number of carbonyl (C=O) groups excluding carboxylic acids is 2. The van der Waals surface area contributed by atoms with Crippen molar-refractivity contribution in [3.05, 3.63) is 30.6 Å². The highest BCUT2D eigenvalue weighted by Gasteiger charge is 2.68. The van der Waals surface area contributed by atoms with Crippen LogP contribution in [0.5, 0.6) is 0 Å². The first kappa shape index (κ1) is 18.2. The van der Waals surface area contributed by atoms with Crippen molar-refractivity contribution in [2.45, 2.75) is 51.0 Å². The smallest absolute Gasteiger partial charge is 0.230 e. The summed E-state index contributed by atoms with van der Waals surface area (Å²) < 4.78 is 8.05. The zero-order valence-corrected chi connectivity index (χ0v) is 16.5. The van der Waals surface area contributed by atoms with E-state index in [1.165, 1.54) is 0 Å². The second kappa shape index (κ2) is 6.19. The average Bonchev–Trinajstić information content (AvgIpc) is 3.35. The quantitative estimate of drug-likeness (QED) is 0.731. The first-order valence-electron chi connectivity index (χ1n) is 9.64. The van der Waals surface area contributed by atoms with Crippen LogP contribution in [0.2, 0.25) is 0 Å². The molecule has 0 N–H and O–H groups in total. The van der Waals surface area contributed by atoms with Crippen LogP contribution in [0, 0.1) is 11.8 Å². The van der Waals surface area contributed by atoms with Gasteiger partial charge in [0.1, 0.15) is 5.60 Å². The first-order valence-corrected chi connectivity index (χ1v) is 9.64. The number of amides is 2. The minimum atomic E-state index is -0.634. The van der Waals surface area contributed by atoms with Crippen LogP contribution in [-0.4, -0.2) is 68.8 Å². The van der Waals surface area contributed by atoms with Gasteiger partial charge in [0.2, 0.25) is 11.8 Å². The van der Waals surface area contributed by atoms with Crippen molar-refractivity contribution in [3.8, 4) is 0 Å². The van der Waals surface area contributed by atoms with Gasteiger partial charge < -0.3 is 14.5 Å². The average molecular weight is 372 g/mol. The van der Waals surface area contributed by atoms with Gasteiger partial charge >= 0.3 is 0 Å². The first-order chi connectivity index (χ1) is 12.7. The van der Waals surface area contributed by atoms with Gasteiger partial charge in [-0.2, -0.15) is 5.10 Å². The number of aryl methyl sites for hydroxylation is 1. The van der Waals surface area contributed by atoms with Crippen LogP contribution in [0.1, 0.15) is 27.2 Å². The van der Waals surface area contributed by atoms with Crippen molar-refractivity contribution in [1.29, 1.82) is 0 Å². The van der Waals surface area contributed by atoms with E-state index >= 15 is 0 Å². The Hall–Kier alpha value is -2.15. The lowest BCUT2D eigenvalue weighted by Gasteiger charge is -2.34. The number of ether oxygens (including phenoxy) is 1. The number of nitrogens with zero attached hydrogens (tertiary/aromatic N) is 4. The van der Waals surface area contributed by atoms with Crippen molar-refractivity contribution in [3.63, 3.8) is 0 Å². The van der Waals surface area contributed by atoms with Gasteiger partial charge in [-0.1, -0.05) is 12.2 Å². The zero-order chi connectivity index (χ0) is 19.4. The molecule has 0 radical (unpaired) electrons. The molecule has 2 amide bonds. The summed E-state index contributed by atoms with van der Waals surface area (Å²) >= 11 is 0. The second-order valence-corrected chi connectivity index (χ2v) is 8.88. The van der Waals surface area contributed by atoms with Gasteiger partial charge in [0.25, 0.3) is 0 Å². The minimum Gasteiger partial charge on any atom is -0.360 e. The third-order valence-corrected chi connectivity index (χ3v) is 6.01. The highest BCUT2D eigenvalue weighted by Crippen LogP contribution is 2.53. The SMILES string of the molecule is CN(CCCn1cccn1)C(=O)[C@@H]1[C@@H]2C=C[C@@]3(CN(C(C)(C)C)C(=O)[C@H]13)O2. The molecule has 0 unspecified atom stereocenters. The molecule has 4 atom stereocenters. The van der Waals surface area contributed by atoms with E-state index in [0.717, 1.165) is 13.0 Å². The largest absolute Gasteiger partial charge is 0.360 e. The number of hydrogen-bond acceptors (Lipinski definition) is 4. The van der Waals surface area contributed by atoms with Gasteiger partial charge in [-0.05, 0) is 33.3 Å². The summed E-state index contributed by atoms with van der Waals surface area (Å²) in [4.78, 5) is 29.9. The van der Waals surface area contributed by atoms with Crippen molar-refractivity contribution in [1.82, 2.24) is 19.6 Å². The van der Waals surface area contributed by atoms with Crippen LogP contribution >= 0.6 is 0 Å². The van der Waals surface area contributed by atoms with Crippen LogP contribution in [0.4, 0.5) is 0 Å². The van der Waals surface area contributed by atoms with Crippen LogP contribution in [0.15, 0.2) is 30.6 Å². The molecular formula is C20H28N4O3. The standard InChI is InChI=1S/C20H28N4O3/c1-19(2,3)24-13-20-8-7-14(27-20)15(16(20)18(24)26)17(25)22(4)10-6-12-23-11-5-9-21-23/h5,7-9,11,14-16H,6,10,12-13H2,1-4H3/t14-,15+,16-,20-/m0/s1. The fourth-order valence-corrected chi connectivity index (χ4v) is 4.62. The van der Waals surface area contributed by atoms with Gasteiger partial charge in [-0.3, -0.25) is 14.3 Å². The van der Waals surface area contributed by atoms with E-state index < -0.39 is 17.4 Å². The van der Waals surface area contributed by atoms with Gasteiger partial charge in [0.15, 0.2) is 0 Å². The van der Waals surface area contributed by atoms with Crippen LogP contribution < -0.4 is 0 Å². The normalized spacial score (nSPS) is 31.6. The molecule has 1 spiro atoms. The molecular weight excluding hydrogens is 344 g/mol. The summed E-state index contributed by atoms with van der Waals surface area (Å²) in [6.07, 6.45) is 8.17. The molecule has 1 aromatic rings. The van der Waals surface area contributed by atoms with Gasteiger partial charge in [-0.15, -0.1) is 0 Å². The van der Waals surface area contributed by atoms with Gasteiger partial charge in [0.05, 0.1) is 24.5 Å². The third kappa shape index (κ3) is 2.88. The monoisotopic (exact) mass is 372 g/mol. The lowest BCUT2D eigenvalue weighted by atomic mass is 9.76. The van der Waals surface area contributed by atoms with Crippen LogP contribution in [0.3, 0.4) is 0 Å². The molecule has 7 heteroatoms. The highest BCUT2D eigenvalue weighted by atomic mass is 16.5. The molecule has 2 fully saturated rings. The zero-order valence-electron chi connectivity index (χ0n) is 16.5. The van der Waals surface area contributed by atoms with Crippen LogP contribution in [0.25, 0.3) is 0 Å². The molecule has 4 rings (SSSR count). The van der Waals surface area contributed by atoms with Crippen molar-refractivity contribution in [2.75, 3.05) is 20.1 Å². The molecule has 7 nitrogen and oxygen atoms in total. The number of fused-ring (bicyclic) bond motifs is 1. The maximum atomic E-state index is 13.2. The summed E-state index contributed by atoms with van der Waals surface area (Å²) in [6.45, 7) is 7.99. The second-order valence-electron chi connectivity index (χ2n) is 8.88. The Kier molecular flexibility index (Phi) is 4.18.